The van der Waals surface area contributed by atoms with Crippen molar-refractivity contribution in [2.45, 2.75) is 39.2 Å². The van der Waals surface area contributed by atoms with E-state index in [-0.39, 0.29) is 17.3 Å². The number of hydrogen-bond acceptors (Lipinski definition) is 5. The first-order valence-corrected chi connectivity index (χ1v) is 7.53. The lowest BCUT2D eigenvalue weighted by molar-refractivity contribution is 0.402. The second-order valence-corrected chi connectivity index (χ2v) is 6.65. The second-order valence-electron chi connectivity index (χ2n) is 5.89. The van der Waals surface area contributed by atoms with Crippen LogP contribution in [0.25, 0.3) is 0 Å². The average molecular weight is 309 g/mol. The van der Waals surface area contributed by atoms with Crippen LogP contribution in [0.1, 0.15) is 45.1 Å². The quantitative estimate of drug-likeness (QED) is 0.921. The van der Waals surface area contributed by atoms with E-state index >= 15 is 0 Å². The third kappa shape index (κ3) is 3.50. The maximum Gasteiger partial charge on any atom is 0.203 e. The number of methoxy groups -OCH3 is 1. The van der Waals surface area contributed by atoms with E-state index in [0.717, 1.165) is 5.82 Å². The Hall–Kier alpha value is -1.69. The second kappa shape index (κ2) is 5.97. The van der Waals surface area contributed by atoms with Gasteiger partial charge in [-0.1, -0.05) is 26.8 Å². The summed E-state index contributed by atoms with van der Waals surface area (Å²) in [7, 11) is 1.54. The van der Waals surface area contributed by atoms with Crippen molar-refractivity contribution in [1.29, 1.82) is 0 Å². The minimum absolute atomic E-state index is 0.102. The lowest BCUT2D eigenvalue weighted by Crippen LogP contribution is -2.14. The average Bonchev–Trinajstić information content (AvgIpc) is 2.86. The largest absolute Gasteiger partial charge is 0.496 e. The summed E-state index contributed by atoms with van der Waals surface area (Å²) in [6.07, 6.45) is 0. The molecule has 1 aromatic heterocycles. The Morgan fingerprint density at radius 3 is 2.62 bits per heavy atom. The van der Waals surface area contributed by atoms with Crippen molar-refractivity contribution in [1.82, 2.24) is 9.36 Å². The van der Waals surface area contributed by atoms with Crippen molar-refractivity contribution in [2.75, 3.05) is 12.4 Å². The summed E-state index contributed by atoms with van der Waals surface area (Å²) in [4.78, 5) is 4.47. The zero-order valence-electron chi connectivity index (χ0n) is 12.9. The van der Waals surface area contributed by atoms with Gasteiger partial charge in [-0.2, -0.15) is 4.37 Å². The number of aromatic nitrogens is 2. The summed E-state index contributed by atoms with van der Waals surface area (Å²) in [6.45, 7) is 8.05. The molecule has 0 aliphatic heterocycles. The van der Waals surface area contributed by atoms with E-state index < -0.39 is 0 Å². The van der Waals surface area contributed by atoms with Crippen molar-refractivity contribution >= 4 is 16.7 Å². The van der Waals surface area contributed by atoms with Crippen LogP contribution in [-0.2, 0) is 5.41 Å². The Balaban J connectivity index is 2.22. The minimum atomic E-state index is -0.296. The molecule has 2 aromatic rings. The van der Waals surface area contributed by atoms with Gasteiger partial charge < -0.3 is 10.1 Å². The van der Waals surface area contributed by atoms with E-state index in [1.54, 1.807) is 12.1 Å². The Morgan fingerprint density at radius 1 is 1.33 bits per heavy atom. The minimum Gasteiger partial charge on any atom is -0.496 e. The molecule has 1 N–H and O–H groups in total. The molecule has 1 heterocycles. The van der Waals surface area contributed by atoms with E-state index in [1.165, 1.54) is 24.7 Å². The zero-order chi connectivity index (χ0) is 15.6. The van der Waals surface area contributed by atoms with Crippen LogP contribution in [0.4, 0.5) is 9.52 Å². The predicted molar refractivity (Wildman–Crippen MR) is 83.6 cm³/mol. The SMILES string of the molecule is COc1cccc(F)c1C(C)Nc1nc(C(C)(C)C)ns1. The van der Waals surface area contributed by atoms with E-state index in [1.807, 2.05) is 6.92 Å². The van der Waals surface area contributed by atoms with Crippen LogP contribution in [0.3, 0.4) is 0 Å². The lowest BCUT2D eigenvalue weighted by Gasteiger charge is -2.17. The van der Waals surface area contributed by atoms with Crippen LogP contribution in [0, 0.1) is 5.82 Å². The third-order valence-corrected chi connectivity index (χ3v) is 3.75. The highest BCUT2D eigenvalue weighted by Crippen LogP contribution is 2.31. The molecule has 1 unspecified atom stereocenters. The van der Waals surface area contributed by atoms with E-state index in [9.17, 15) is 4.39 Å². The number of nitrogens with one attached hydrogen (secondary N) is 1. The Kier molecular flexibility index (Phi) is 4.46. The topological polar surface area (TPSA) is 47.0 Å². The molecule has 2 rings (SSSR count). The van der Waals surface area contributed by atoms with Gasteiger partial charge in [-0.25, -0.2) is 9.37 Å². The van der Waals surface area contributed by atoms with Gasteiger partial charge in [0.25, 0.3) is 0 Å². The molecule has 0 saturated heterocycles. The fraction of sp³-hybridized carbons (Fsp3) is 0.467. The van der Waals surface area contributed by atoms with Crippen LogP contribution in [0.2, 0.25) is 0 Å². The molecular formula is C15H20FN3OS. The predicted octanol–water partition coefficient (Wildman–Crippen LogP) is 4.16. The van der Waals surface area contributed by atoms with Crippen molar-refractivity contribution in [2.24, 2.45) is 0 Å². The molecule has 0 saturated carbocycles. The number of hydrogen-bond donors (Lipinski definition) is 1. The molecule has 114 valence electrons. The molecular weight excluding hydrogens is 289 g/mol. The molecule has 0 aliphatic rings. The van der Waals surface area contributed by atoms with Crippen LogP contribution < -0.4 is 10.1 Å². The standard InChI is InChI=1S/C15H20FN3OS/c1-9(12-10(16)7-6-8-11(12)20-5)17-14-18-13(19-21-14)15(2,3)4/h6-9H,1-5H3,(H,17,18,19). The number of nitrogens with zero attached hydrogens (tertiary/aromatic N) is 2. The molecule has 0 bridgehead atoms. The maximum atomic E-state index is 14.0. The first-order chi connectivity index (χ1) is 9.82. The van der Waals surface area contributed by atoms with Crippen LogP contribution in [0.15, 0.2) is 18.2 Å². The molecule has 0 fully saturated rings. The van der Waals surface area contributed by atoms with Gasteiger partial charge in [0, 0.05) is 16.9 Å². The monoisotopic (exact) mass is 309 g/mol. The lowest BCUT2D eigenvalue weighted by atomic mass is 9.96. The first-order valence-electron chi connectivity index (χ1n) is 6.76. The normalized spacial score (nSPS) is 13.0. The molecule has 0 radical (unpaired) electrons. The molecule has 6 heteroatoms. The highest BCUT2D eigenvalue weighted by Gasteiger charge is 2.22. The van der Waals surface area contributed by atoms with Crippen LogP contribution >= 0.6 is 11.5 Å². The van der Waals surface area contributed by atoms with Crippen molar-refractivity contribution < 1.29 is 9.13 Å². The molecule has 0 amide bonds. The van der Waals surface area contributed by atoms with Crippen molar-refractivity contribution in [3.63, 3.8) is 0 Å². The summed E-state index contributed by atoms with van der Waals surface area (Å²) in [5.74, 6) is 1.01. The summed E-state index contributed by atoms with van der Waals surface area (Å²) >= 11 is 1.28. The number of benzene rings is 1. The summed E-state index contributed by atoms with van der Waals surface area (Å²) in [6, 6.07) is 4.54. The summed E-state index contributed by atoms with van der Waals surface area (Å²) in [5.41, 5.74) is 0.391. The first kappa shape index (κ1) is 15.7. The van der Waals surface area contributed by atoms with Crippen molar-refractivity contribution in [3.8, 4) is 5.75 Å². The summed E-state index contributed by atoms with van der Waals surface area (Å²) < 4.78 is 23.6. The Morgan fingerprint density at radius 2 is 2.05 bits per heavy atom. The maximum absolute atomic E-state index is 14.0. The number of rotatable bonds is 4. The third-order valence-electron chi connectivity index (χ3n) is 3.10. The zero-order valence-corrected chi connectivity index (χ0v) is 13.7. The van der Waals surface area contributed by atoms with E-state index in [4.69, 9.17) is 4.74 Å². The van der Waals surface area contributed by atoms with E-state index in [0.29, 0.717) is 16.4 Å². The highest BCUT2D eigenvalue weighted by atomic mass is 32.1. The molecule has 0 spiro atoms. The summed E-state index contributed by atoms with van der Waals surface area (Å²) in [5, 5.41) is 3.87. The van der Waals surface area contributed by atoms with Gasteiger partial charge >= 0.3 is 0 Å². The Bertz CT molecular complexity index is 622. The molecule has 4 nitrogen and oxygen atoms in total. The number of halogens is 1. The fourth-order valence-corrected chi connectivity index (χ4v) is 2.80. The van der Waals surface area contributed by atoms with Crippen molar-refractivity contribution in [3.05, 3.63) is 35.4 Å². The van der Waals surface area contributed by atoms with Gasteiger partial charge in [0.15, 0.2) is 0 Å². The molecule has 1 aromatic carbocycles. The molecule has 21 heavy (non-hydrogen) atoms. The van der Waals surface area contributed by atoms with Crippen LogP contribution in [-0.4, -0.2) is 16.5 Å². The Labute approximate surface area is 128 Å². The molecule has 1 atom stereocenters. The van der Waals surface area contributed by atoms with Gasteiger partial charge in [-0.3, -0.25) is 0 Å². The number of ether oxygens (including phenoxy) is 1. The fourth-order valence-electron chi connectivity index (χ4n) is 1.96. The number of anilines is 1. The van der Waals surface area contributed by atoms with E-state index in [2.05, 4.69) is 35.4 Å². The van der Waals surface area contributed by atoms with Gasteiger partial charge in [0.05, 0.1) is 18.7 Å². The molecule has 0 aliphatic carbocycles. The van der Waals surface area contributed by atoms with Gasteiger partial charge in [-0.15, -0.1) is 0 Å². The van der Waals surface area contributed by atoms with Gasteiger partial charge in [-0.05, 0) is 19.1 Å². The van der Waals surface area contributed by atoms with Gasteiger partial charge in [0.1, 0.15) is 17.4 Å². The van der Waals surface area contributed by atoms with Gasteiger partial charge in [0.2, 0.25) is 5.13 Å². The smallest absolute Gasteiger partial charge is 0.203 e. The highest BCUT2D eigenvalue weighted by molar-refractivity contribution is 7.09. The van der Waals surface area contributed by atoms with Crippen LogP contribution in [0.5, 0.6) is 5.75 Å².